The van der Waals surface area contributed by atoms with Gasteiger partial charge in [0.05, 0.1) is 5.00 Å². The van der Waals surface area contributed by atoms with Crippen molar-refractivity contribution in [2.45, 2.75) is 31.8 Å². The minimum absolute atomic E-state index is 0.504. The Labute approximate surface area is 172 Å². The fraction of sp³-hybridized carbons (Fsp3) is 0.500. The zero-order valence-electron chi connectivity index (χ0n) is 16.7. The molecule has 1 aromatic heterocycles. The van der Waals surface area contributed by atoms with Gasteiger partial charge in [-0.2, -0.15) is 0 Å². The number of benzene rings is 1. The number of nitrogens with one attached hydrogen (secondary N) is 2. The molecule has 0 saturated carbocycles. The quantitative estimate of drug-likeness (QED) is 0.601. The molecule has 2 aliphatic heterocycles. The molecule has 2 N–H and O–H groups in total. The molecule has 6 heteroatoms. The SMILES string of the molecule is CN=C(NCCN1CCc2ccccc2C1)NC1CCN(c2cccs2)CC1. The van der Waals surface area contributed by atoms with Crippen LogP contribution in [0.2, 0.25) is 0 Å². The van der Waals surface area contributed by atoms with E-state index in [1.807, 2.05) is 18.4 Å². The van der Waals surface area contributed by atoms with Crippen LogP contribution in [0.25, 0.3) is 0 Å². The van der Waals surface area contributed by atoms with Crippen LogP contribution in [-0.2, 0) is 13.0 Å². The molecule has 150 valence electrons. The first kappa shape index (κ1) is 19.3. The van der Waals surface area contributed by atoms with Crippen LogP contribution in [0.4, 0.5) is 5.00 Å². The average molecular weight is 398 g/mol. The predicted molar refractivity (Wildman–Crippen MR) is 119 cm³/mol. The number of piperidine rings is 1. The molecule has 2 aromatic rings. The van der Waals surface area contributed by atoms with Crippen molar-refractivity contribution in [3.05, 3.63) is 52.9 Å². The van der Waals surface area contributed by atoms with E-state index in [-0.39, 0.29) is 0 Å². The van der Waals surface area contributed by atoms with E-state index in [4.69, 9.17) is 0 Å². The first-order chi connectivity index (χ1) is 13.8. The van der Waals surface area contributed by atoms with Gasteiger partial charge in [-0.15, -0.1) is 11.3 Å². The third-order valence-corrected chi connectivity index (χ3v) is 6.74. The number of rotatable bonds is 5. The molecule has 0 radical (unpaired) electrons. The molecule has 0 spiro atoms. The predicted octanol–water partition coefficient (Wildman–Crippen LogP) is 2.94. The first-order valence-electron chi connectivity index (χ1n) is 10.4. The average Bonchev–Trinajstić information content (AvgIpc) is 3.28. The van der Waals surface area contributed by atoms with Crippen molar-refractivity contribution < 1.29 is 0 Å². The number of hydrogen-bond donors (Lipinski definition) is 2. The molecule has 5 nitrogen and oxygen atoms in total. The van der Waals surface area contributed by atoms with Gasteiger partial charge in [-0.25, -0.2) is 0 Å². The molecule has 0 amide bonds. The van der Waals surface area contributed by atoms with Gasteiger partial charge in [0, 0.05) is 52.4 Å². The summed E-state index contributed by atoms with van der Waals surface area (Å²) in [5.74, 6) is 0.937. The van der Waals surface area contributed by atoms with Gasteiger partial charge in [0.15, 0.2) is 5.96 Å². The third kappa shape index (κ3) is 4.86. The van der Waals surface area contributed by atoms with Crippen LogP contribution in [0.15, 0.2) is 46.8 Å². The maximum Gasteiger partial charge on any atom is 0.191 e. The number of hydrogen-bond acceptors (Lipinski definition) is 4. The van der Waals surface area contributed by atoms with Crippen LogP contribution in [-0.4, -0.2) is 56.7 Å². The van der Waals surface area contributed by atoms with Gasteiger partial charge in [0.25, 0.3) is 0 Å². The highest BCUT2D eigenvalue weighted by atomic mass is 32.1. The maximum atomic E-state index is 4.43. The highest BCUT2D eigenvalue weighted by Gasteiger charge is 2.21. The van der Waals surface area contributed by atoms with Crippen molar-refractivity contribution in [3.63, 3.8) is 0 Å². The second kappa shape index (κ2) is 9.43. The first-order valence-corrected chi connectivity index (χ1v) is 11.2. The summed E-state index contributed by atoms with van der Waals surface area (Å²) in [6.45, 7) is 6.41. The number of nitrogens with zero attached hydrogens (tertiary/aromatic N) is 3. The van der Waals surface area contributed by atoms with Crippen LogP contribution in [0, 0.1) is 0 Å². The van der Waals surface area contributed by atoms with Gasteiger partial charge in [-0.05, 0) is 47.9 Å². The van der Waals surface area contributed by atoms with Crippen molar-refractivity contribution in [2.24, 2.45) is 4.99 Å². The molecule has 3 heterocycles. The topological polar surface area (TPSA) is 42.9 Å². The second-order valence-corrected chi connectivity index (χ2v) is 8.58. The molecule has 28 heavy (non-hydrogen) atoms. The Morgan fingerprint density at radius 3 is 2.68 bits per heavy atom. The van der Waals surface area contributed by atoms with E-state index in [1.54, 1.807) is 0 Å². The Morgan fingerprint density at radius 1 is 1.11 bits per heavy atom. The van der Waals surface area contributed by atoms with Gasteiger partial charge >= 0.3 is 0 Å². The minimum atomic E-state index is 0.504. The molecular formula is C22H31N5S. The summed E-state index contributed by atoms with van der Waals surface area (Å²) < 4.78 is 0. The Hall–Kier alpha value is -2.05. The van der Waals surface area contributed by atoms with Gasteiger partial charge in [-0.1, -0.05) is 24.3 Å². The number of fused-ring (bicyclic) bond motifs is 1. The summed E-state index contributed by atoms with van der Waals surface area (Å²) >= 11 is 1.83. The summed E-state index contributed by atoms with van der Waals surface area (Å²) in [7, 11) is 1.87. The van der Waals surface area contributed by atoms with Gasteiger partial charge in [0.2, 0.25) is 0 Å². The lowest BCUT2D eigenvalue weighted by atomic mass is 10.00. The van der Waals surface area contributed by atoms with Gasteiger partial charge < -0.3 is 15.5 Å². The summed E-state index contributed by atoms with van der Waals surface area (Å²) in [4.78, 5) is 9.46. The lowest BCUT2D eigenvalue weighted by Crippen LogP contribution is -2.49. The molecule has 0 atom stereocenters. The highest BCUT2D eigenvalue weighted by Crippen LogP contribution is 2.24. The Kier molecular flexibility index (Phi) is 6.49. The van der Waals surface area contributed by atoms with Crippen LogP contribution in [0.1, 0.15) is 24.0 Å². The van der Waals surface area contributed by atoms with Crippen molar-refractivity contribution in [3.8, 4) is 0 Å². The van der Waals surface area contributed by atoms with Crippen LogP contribution < -0.4 is 15.5 Å². The van der Waals surface area contributed by atoms with E-state index in [1.165, 1.54) is 16.1 Å². The smallest absolute Gasteiger partial charge is 0.191 e. The van der Waals surface area contributed by atoms with Crippen LogP contribution in [0.5, 0.6) is 0 Å². The fourth-order valence-electron chi connectivity index (χ4n) is 4.16. The molecule has 0 aliphatic carbocycles. The lowest BCUT2D eigenvalue weighted by Gasteiger charge is -2.34. The zero-order valence-corrected chi connectivity index (χ0v) is 17.5. The standard InChI is InChI=1S/C22H31N5S/c1-23-22(25-20-9-13-27(14-10-20)21-7-4-16-28-21)24-11-15-26-12-8-18-5-2-3-6-19(18)17-26/h2-7,16,20H,8-15,17H2,1H3,(H2,23,24,25). The highest BCUT2D eigenvalue weighted by molar-refractivity contribution is 7.14. The Morgan fingerprint density at radius 2 is 1.93 bits per heavy atom. The van der Waals surface area contributed by atoms with E-state index in [9.17, 15) is 0 Å². The fourth-order valence-corrected chi connectivity index (χ4v) is 4.94. The van der Waals surface area contributed by atoms with Crippen molar-refractivity contribution in [1.82, 2.24) is 15.5 Å². The molecule has 1 fully saturated rings. The molecule has 0 bridgehead atoms. The normalized spacial score (nSPS) is 18.8. The Balaban J connectivity index is 1.18. The van der Waals surface area contributed by atoms with Crippen LogP contribution >= 0.6 is 11.3 Å². The summed E-state index contributed by atoms with van der Waals surface area (Å²) in [5, 5.41) is 10.7. The van der Waals surface area contributed by atoms with Crippen molar-refractivity contribution in [1.29, 1.82) is 0 Å². The zero-order chi connectivity index (χ0) is 19.2. The number of guanidine groups is 1. The molecule has 4 rings (SSSR count). The van der Waals surface area contributed by atoms with E-state index in [0.717, 1.165) is 64.5 Å². The van der Waals surface area contributed by atoms with Crippen LogP contribution in [0.3, 0.4) is 0 Å². The number of aliphatic imine (C=N–C) groups is 1. The molecule has 1 saturated heterocycles. The summed E-state index contributed by atoms with van der Waals surface area (Å²) in [6.07, 6.45) is 3.47. The third-order valence-electron chi connectivity index (χ3n) is 5.81. The molecule has 2 aliphatic rings. The minimum Gasteiger partial charge on any atom is -0.363 e. The van der Waals surface area contributed by atoms with E-state index in [2.05, 4.69) is 67.2 Å². The van der Waals surface area contributed by atoms with Crippen molar-refractivity contribution >= 4 is 22.3 Å². The van der Waals surface area contributed by atoms with Gasteiger partial charge in [-0.3, -0.25) is 9.89 Å². The largest absolute Gasteiger partial charge is 0.363 e. The number of anilines is 1. The monoisotopic (exact) mass is 397 g/mol. The second-order valence-electron chi connectivity index (χ2n) is 7.65. The molecular weight excluding hydrogens is 366 g/mol. The van der Waals surface area contributed by atoms with Crippen molar-refractivity contribution in [2.75, 3.05) is 44.7 Å². The molecule has 1 aromatic carbocycles. The maximum absolute atomic E-state index is 4.43. The number of thiophene rings is 1. The van der Waals surface area contributed by atoms with E-state index in [0.29, 0.717) is 6.04 Å². The Bertz CT molecular complexity index is 765. The van der Waals surface area contributed by atoms with Gasteiger partial charge in [0.1, 0.15) is 0 Å². The van der Waals surface area contributed by atoms with E-state index >= 15 is 0 Å². The lowest BCUT2D eigenvalue weighted by molar-refractivity contribution is 0.258. The summed E-state index contributed by atoms with van der Waals surface area (Å²) in [5.41, 5.74) is 2.99. The molecule has 0 unspecified atom stereocenters. The summed E-state index contributed by atoms with van der Waals surface area (Å²) in [6, 6.07) is 13.7. The van der Waals surface area contributed by atoms with E-state index < -0.39 is 0 Å².